The minimum absolute atomic E-state index is 0.218. The van der Waals surface area contributed by atoms with E-state index in [0.717, 1.165) is 4.47 Å². The molecule has 0 heterocycles. The summed E-state index contributed by atoms with van der Waals surface area (Å²) in [6, 6.07) is 14.7. The van der Waals surface area contributed by atoms with Crippen LogP contribution in [0.2, 0.25) is 0 Å². The Balaban J connectivity index is 2.02. The molecule has 0 saturated heterocycles. The molecule has 0 radical (unpaired) electrons. The number of carbonyl (C=O) groups excluding carboxylic acids is 1. The highest BCUT2D eigenvalue weighted by molar-refractivity contribution is 9.10. The van der Waals surface area contributed by atoms with Gasteiger partial charge in [0.15, 0.2) is 17.6 Å². The molecule has 1 amide bonds. The summed E-state index contributed by atoms with van der Waals surface area (Å²) in [5.74, 6) is 0.970. The number of rotatable bonds is 6. The first kappa shape index (κ1) is 16.4. The molecular weight excluding hydrogens is 346 g/mol. The van der Waals surface area contributed by atoms with E-state index in [2.05, 4.69) is 21.2 Å². The van der Waals surface area contributed by atoms with Crippen molar-refractivity contribution >= 4 is 27.5 Å². The fourth-order valence-electron chi connectivity index (χ4n) is 1.88. The Morgan fingerprint density at radius 2 is 1.91 bits per heavy atom. The fraction of sp³-hybridized carbons (Fsp3) is 0.235. The minimum atomic E-state index is -0.638. The van der Waals surface area contributed by atoms with Crippen LogP contribution in [0, 0.1) is 0 Å². The van der Waals surface area contributed by atoms with Crippen LogP contribution < -0.4 is 14.8 Å². The van der Waals surface area contributed by atoms with E-state index in [1.165, 1.54) is 0 Å². The first-order valence-corrected chi connectivity index (χ1v) is 7.84. The molecule has 2 aromatic carbocycles. The Morgan fingerprint density at radius 3 is 2.59 bits per heavy atom. The van der Waals surface area contributed by atoms with E-state index in [4.69, 9.17) is 9.47 Å². The van der Waals surface area contributed by atoms with E-state index < -0.39 is 6.10 Å². The van der Waals surface area contributed by atoms with Gasteiger partial charge in [-0.1, -0.05) is 34.1 Å². The van der Waals surface area contributed by atoms with Crippen LogP contribution in [-0.2, 0) is 4.79 Å². The Kier molecular flexibility index (Phi) is 5.83. The van der Waals surface area contributed by atoms with Gasteiger partial charge in [0.05, 0.1) is 6.61 Å². The summed E-state index contributed by atoms with van der Waals surface area (Å²) in [4.78, 5) is 12.2. The second-order valence-corrected chi connectivity index (χ2v) is 5.56. The molecule has 2 rings (SSSR count). The van der Waals surface area contributed by atoms with Crippen molar-refractivity contribution in [2.45, 2.75) is 20.0 Å². The number of amides is 1. The van der Waals surface area contributed by atoms with Crippen LogP contribution in [-0.4, -0.2) is 18.6 Å². The number of benzene rings is 2. The summed E-state index contributed by atoms with van der Waals surface area (Å²) in [7, 11) is 0. The lowest BCUT2D eigenvalue weighted by molar-refractivity contribution is -0.122. The van der Waals surface area contributed by atoms with E-state index in [9.17, 15) is 4.79 Å². The van der Waals surface area contributed by atoms with Crippen molar-refractivity contribution in [3.63, 3.8) is 0 Å². The third-order valence-corrected chi connectivity index (χ3v) is 3.41. The molecule has 0 aliphatic heterocycles. The zero-order chi connectivity index (χ0) is 15.9. The molecule has 2 aromatic rings. The average Bonchev–Trinajstić information content (AvgIpc) is 2.49. The van der Waals surface area contributed by atoms with Gasteiger partial charge in [0, 0.05) is 10.2 Å². The lowest BCUT2D eigenvalue weighted by Crippen LogP contribution is -2.30. The van der Waals surface area contributed by atoms with E-state index in [-0.39, 0.29) is 5.91 Å². The average molecular weight is 364 g/mol. The second kappa shape index (κ2) is 7.84. The van der Waals surface area contributed by atoms with Gasteiger partial charge < -0.3 is 14.8 Å². The predicted molar refractivity (Wildman–Crippen MR) is 90.5 cm³/mol. The van der Waals surface area contributed by atoms with Crippen LogP contribution in [0.25, 0.3) is 0 Å². The number of carbonyl (C=O) groups is 1. The number of hydrogen-bond acceptors (Lipinski definition) is 3. The Hall–Kier alpha value is -2.01. The molecule has 0 aromatic heterocycles. The van der Waals surface area contributed by atoms with E-state index in [1.807, 2.05) is 49.4 Å². The third kappa shape index (κ3) is 4.49. The van der Waals surface area contributed by atoms with Crippen molar-refractivity contribution in [3.05, 3.63) is 53.0 Å². The van der Waals surface area contributed by atoms with E-state index in [1.54, 1.807) is 13.0 Å². The highest BCUT2D eigenvalue weighted by Crippen LogP contribution is 2.27. The van der Waals surface area contributed by atoms with Gasteiger partial charge in [0.1, 0.15) is 0 Å². The number of hydrogen-bond donors (Lipinski definition) is 1. The maximum atomic E-state index is 12.2. The van der Waals surface area contributed by atoms with Crippen LogP contribution >= 0.6 is 15.9 Å². The summed E-state index contributed by atoms with van der Waals surface area (Å²) in [6.45, 7) is 4.15. The molecule has 0 bridgehead atoms. The smallest absolute Gasteiger partial charge is 0.265 e. The van der Waals surface area contributed by atoms with Gasteiger partial charge in [-0.15, -0.1) is 0 Å². The quantitative estimate of drug-likeness (QED) is 0.834. The molecule has 4 nitrogen and oxygen atoms in total. The number of halogens is 1. The number of nitrogens with one attached hydrogen (secondary N) is 1. The molecule has 5 heteroatoms. The molecule has 1 N–H and O–H groups in total. The van der Waals surface area contributed by atoms with Gasteiger partial charge in [0.25, 0.3) is 5.91 Å². The summed E-state index contributed by atoms with van der Waals surface area (Å²) in [5.41, 5.74) is 0.716. The third-order valence-electron chi connectivity index (χ3n) is 2.91. The van der Waals surface area contributed by atoms with Gasteiger partial charge in [-0.2, -0.15) is 0 Å². The molecule has 0 spiro atoms. The Morgan fingerprint density at radius 1 is 1.18 bits per heavy atom. The van der Waals surface area contributed by atoms with Crippen molar-refractivity contribution < 1.29 is 14.3 Å². The fourth-order valence-corrected chi connectivity index (χ4v) is 2.28. The van der Waals surface area contributed by atoms with Gasteiger partial charge in [0.2, 0.25) is 0 Å². The maximum Gasteiger partial charge on any atom is 0.265 e. The van der Waals surface area contributed by atoms with Crippen molar-refractivity contribution in [2.24, 2.45) is 0 Å². The van der Waals surface area contributed by atoms with Crippen molar-refractivity contribution in [3.8, 4) is 11.5 Å². The van der Waals surface area contributed by atoms with Gasteiger partial charge >= 0.3 is 0 Å². The molecule has 0 aliphatic rings. The standard InChI is InChI=1S/C17H18BrNO3/c1-3-21-15-9-4-5-10-16(15)22-12(2)17(20)19-14-8-6-7-13(18)11-14/h4-12H,3H2,1-2H3,(H,19,20)/t12-/m1/s1. The molecule has 0 aliphatic carbocycles. The van der Waals surface area contributed by atoms with Gasteiger partial charge in [-0.05, 0) is 44.2 Å². The summed E-state index contributed by atoms with van der Waals surface area (Å²) >= 11 is 3.37. The summed E-state index contributed by atoms with van der Waals surface area (Å²) in [6.07, 6.45) is -0.638. The summed E-state index contributed by atoms with van der Waals surface area (Å²) in [5, 5.41) is 2.82. The SMILES string of the molecule is CCOc1ccccc1O[C@H](C)C(=O)Nc1cccc(Br)c1. The summed E-state index contributed by atoms with van der Waals surface area (Å²) < 4.78 is 12.1. The zero-order valence-electron chi connectivity index (χ0n) is 12.5. The van der Waals surface area contributed by atoms with Crippen LogP contribution in [0.1, 0.15) is 13.8 Å². The lowest BCUT2D eigenvalue weighted by atomic mass is 10.3. The normalized spacial score (nSPS) is 11.6. The van der Waals surface area contributed by atoms with Crippen LogP contribution in [0.4, 0.5) is 5.69 Å². The van der Waals surface area contributed by atoms with Crippen LogP contribution in [0.3, 0.4) is 0 Å². The Bertz CT molecular complexity index is 645. The van der Waals surface area contributed by atoms with Gasteiger partial charge in [-0.25, -0.2) is 0 Å². The lowest BCUT2D eigenvalue weighted by Gasteiger charge is -2.17. The van der Waals surface area contributed by atoms with E-state index >= 15 is 0 Å². The first-order chi connectivity index (χ1) is 10.6. The van der Waals surface area contributed by atoms with Crippen molar-refractivity contribution in [2.75, 3.05) is 11.9 Å². The first-order valence-electron chi connectivity index (χ1n) is 7.05. The monoisotopic (exact) mass is 363 g/mol. The Labute approximate surface area is 138 Å². The largest absolute Gasteiger partial charge is 0.490 e. The van der Waals surface area contributed by atoms with Crippen LogP contribution in [0.15, 0.2) is 53.0 Å². The highest BCUT2D eigenvalue weighted by atomic mass is 79.9. The molecular formula is C17H18BrNO3. The number of ether oxygens (including phenoxy) is 2. The zero-order valence-corrected chi connectivity index (χ0v) is 14.1. The van der Waals surface area contributed by atoms with Crippen molar-refractivity contribution in [1.29, 1.82) is 0 Å². The second-order valence-electron chi connectivity index (χ2n) is 4.64. The van der Waals surface area contributed by atoms with Crippen molar-refractivity contribution in [1.82, 2.24) is 0 Å². The number of para-hydroxylation sites is 2. The van der Waals surface area contributed by atoms with Gasteiger partial charge in [-0.3, -0.25) is 4.79 Å². The van der Waals surface area contributed by atoms with Crippen LogP contribution in [0.5, 0.6) is 11.5 Å². The molecule has 0 saturated carbocycles. The predicted octanol–water partition coefficient (Wildman–Crippen LogP) is 4.25. The van der Waals surface area contributed by atoms with E-state index in [0.29, 0.717) is 23.8 Å². The molecule has 0 fully saturated rings. The minimum Gasteiger partial charge on any atom is -0.490 e. The maximum absolute atomic E-state index is 12.2. The molecule has 22 heavy (non-hydrogen) atoms. The molecule has 1 atom stereocenters. The number of anilines is 1. The highest BCUT2D eigenvalue weighted by Gasteiger charge is 2.17. The molecule has 0 unspecified atom stereocenters. The topological polar surface area (TPSA) is 47.6 Å². The molecule has 116 valence electrons.